The Kier molecular flexibility index (Phi) is 9.73. The molecule has 0 bridgehead atoms. The number of guanidine groups is 1. The average Bonchev–Trinajstić information content (AvgIpc) is 2.72. The van der Waals surface area contributed by atoms with Gasteiger partial charge < -0.3 is 15.4 Å². The van der Waals surface area contributed by atoms with Crippen molar-refractivity contribution >= 4 is 35.6 Å². The number of aliphatic imine (C=N–C) groups is 1. The van der Waals surface area contributed by atoms with Gasteiger partial charge in [-0.2, -0.15) is 0 Å². The molecule has 0 aromatic heterocycles. The predicted octanol–water partition coefficient (Wildman–Crippen LogP) is 3.89. The monoisotopic (exact) mass is 494 g/mol. The predicted molar refractivity (Wildman–Crippen MR) is 128 cm³/mol. The maximum absolute atomic E-state index is 5.45. The highest BCUT2D eigenvalue weighted by atomic mass is 127. The zero-order valence-electron chi connectivity index (χ0n) is 16.7. The first-order chi connectivity index (χ1) is 13.2. The average molecular weight is 494 g/mol. The number of anilines is 1. The molecule has 1 saturated heterocycles. The van der Waals surface area contributed by atoms with E-state index >= 15 is 0 Å². The van der Waals surface area contributed by atoms with Crippen LogP contribution in [0, 0.1) is 6.92 Å². The molecular formula is C22H31IN4O. The molecule has 2 aromatic rings. The van der Waals surface area contributed by atoms with Gasteiger partial charge in [-0.1, -0.05) is 48.0 Å². The van der Waals surface area contributed by atoms with E-state index in [2.05, 4.69) is 65.8 Å². The van der Waals surface area contributed by atoms with E-state index < -0.39 is 0 Å². The fourth-order valence-corrected chi connectivity index (χ4v) is 3.05. The van der Waals surface area contributed by atoms with Crippen molar-refractivity contribution in [2.24, 2.45) is 4.99 Å². The third kappa shape index (κ3) is 7.41. The molecule has 0 saturated carbocycles. The third-order valence-electron chi connectivity index (χ3n) is 4.81. The zero-order chi connectivity index (χ0) is 18.9. The Hall–Kier alpha value is -1.64. The van der Waals surface area contributed by atoms with Crippen LogP contribution in [-0.4, -0.2) is 49.7 Å². The molecule has 0 spiro atoms. The summed E-state index contributed by atoms with van der Waals surface area (Å²) in [6, 6.07) is 19.1. The zero-order valence-corrected chi connectivity index (χ0v) is 19.1. The molecule has 1 unspecified atom stereocenters. The quantitative estimate of drug-likeness (QED) is 0.364. The van der Waals surface area contributed by atoms with Crippen LogP contribution in [0.2, 0.25) is 0 Å². The van der Waals surface area contributed by atoms with Crippen LogP contribution in [0.5, 0.6) is 0 Å². The van der Waals surface area contributed by atoms with Gasteiger partial charge in [0.2, 0.25) is 0 Å². The van der Waals surface area contributed by atoms with E-state index in [9.17, 15) is 0 Å². The minimum Gasteiger partial charge on any atom is -0.379 e. The van der Waals surface area contributed by atoms with E-state index in [1.54, 1.807) is 0 Å². The number of hydrogen-bond acceptors (Lipinski definition) is 3. The van der Waals surface area contributed by atoms with Crippen molar-refractivity contribution < 1.29 is 4.74 Å². The molecule has 0 aliphatic carbocycles. The topological polar surface area (TPSA) is 48.9 Å². The van der Waals surface area contributed by atoms with Gasteiger partial charge in [0, 0.05) is 31.4 Å². The van der Waals surface area contributed by atoms with Gasteiger partial charge in [-0.15, -0.1) is 24.0 Å². The number of morpholine rings is 1. The van der Waals surface area contributed by atoms with Crippen molar-refractivity contribution in [1.82, 2.24) is 10.2 Å². The summed E-state index contributed by atoms with van der Waals surface area (Å²) in [5.41, 5.74) is 3.51. The number of para-hydroxylation sites is 1. The highest BCUT2D eigenvalue weighted by Crippen LogP contribution is 2.08. The number of aryl methyl sites for hydroxylation is 1. The van der Waals surface area contributed by atoms with E-state index in [0.29, 0.717) is 12.6 Å². The van der Waals surface area contributed by atoms with Gasteiger partial charge in [0.1, 0.15) is 0 Å². The van der Waals surface area contributed by atoms with E-state index in [4.69, 9.17) is 9.73 Å². The van der Waals surface area contributed by atoms with Gasteiger partial charge in [-0.25, -0.2) is 4.99 Å². The largest absolute Gasteiger partial charge is 0.379 e. The number of ether oxygens (including phenoxy) is 1. The summed E-state index contributed by atoms with van der Waals surface area (Å²) < 4.78 is 5.45. The number of benzene rings is 2. The molecule has 1 aliphatic heterocycles. The summed E-state index contributed by atoms with van der Waals surface area (Å²) in [5.74, 6) is 0.807. The van der Waals surface area contributed by atoms with Gasteiger partial charge in [-0.05, 0) is 31.5 Å². The molecule has 1 fully saturated rings. The lowest BCUT2D eigenvalue weighted by Gasteiger charge is -2.32. The van der Waals surface area contributed by atoms with Gasteiger partial charge in [0.05, 0.1) is 19.8 Å². The lowest BCUT2D eigenvalue weighted by Crippen LogP contribution is -2.48. The molecule has 3 rings (SSSR count). The molecule has 152 valence electrons. The summed E-state index contributed by atoms with van der Waals surface area (Å²) in [5, 5.41) is 6.92. The minimum atomic E-state index is 0. The van der Waals surface area contributed by atoms with Crippen LogP contribution in [0.3, 0.4) is 0 Å². The SMILES string of the molecule is Cc1ccc(CN=C(NCC(C)N2CCOCC2)Nc2ccccc2)cc1.I. The molecular weight excluding hydrogens is 463 g/mol. The van der Waals surface area contributed by atoms with Gasteiger partial charge in [0.25, 0.3) is 0 Å². The molecule has 2 N–H and O–H groups in total. The van der Waals surface area contributed by atoms with Crippen molar-refractivity contribution in [3.8, 4) is 0 Å². The van der Waals surface area contributed by atoms with E-state index in [0.717, 1.165) is 44.5 Å². The summed E-state index contributed by atoms with van der Waals surface area (Å²) in [6.07, 6.45) is 0. The Morgan fingerprint density at radius 1 is 1.07 bits per heavy atom. The normalized spacial score (nSPS) is 16.1. The van der Waals surface area contributed by atoms with Crippen LogP contribution in [0.25, 0.3) is 0 Å². The Bertz CT molecular complexity index is 715. The molecule has 6 heteroatoms. The Morgan fingerprint density at radius 3 is 2.43 bits per heavy atom. The standard InChI is InChI=1S/C22H30N4O.HI/c1-18-8-10-20(11-9-18)17-24-22(25-21-6-4-3-5-7-21)23-16-19(2)26-12-14-27-15-13-26;/h3-11,19H,12-17H2,1-2H3,(H2,23,24,25);1H. The Labute approximate surface area is 185 Å². The lowest BCUT2D eigenvalue weighted by atomic mass is 10.1. The molecule has 0 radical (unpaired) electrons. The number of rotatable bonds is 6. The maximum Gasteiger partial charge on any atom is 0.196 e. The molecule has 1 aliphatic rings. The highest BCUT2D eigenvalue weighted by molar-refractivity contribution is 14.0. The molecule has 1 atom stereocenters. The van der Waals surface area contributed by atoms with Gasteiger partial charge in [-0.3, -0.25) is 4.90 Å². The molecule has 0 amide bonds. The third-order valence-corrected chi connectivity index (χ3v) is 4.81. The van der Waals surface area contributed by atoms with E-state index in [1.165, 1.54) is 11.1 Å². The van der Waals surface area contributed by atoms with Gasteiger partial charge in [0.15, 0.2) is 5.96 Å². The number of halogens is 1. The summed E-state index contributed by atoms with van der Waals surface area (Å²) in [7, 11) is 0. The van der Waals surface area contributed by atoms with Gasteiger partial charge >= 0.3 is 0 Å². The Morgan fingerprint density at radius 2 is 1.75 bits per heavy atom. The van der Waals surface area contributed by atoms with E-state index in [1.807, 2.05) is 18.2 Å². The molecule has 1 heterocycles. The maximum atomic E-state index is 5.45. The minimum absolute atomic E-state index is 0. The van der Waals surface area contributed by atoms with Crippen LogP contribution in [0.1, 0.15) is 18.1 Å². The van der Waals surface area contributed by atoms with Crippen molar-refractivity contribution in [3.05, 3.63) is 65.7 Å². The number of nitrogens with zero attached hydrogens (tertiary/aromatic N) is 2. The Balaban J connectivity index is 0.00000280. The first kappa shape index (κ1) is 22.6. The van der Waals surface area contributed by atoms with Crippen LogP contribution < -0.4 is 10.6 Å². The molecule has 2 aromatic carbocycles. The fraction of sp³-hybridized carbons (Fsp3) is 0.409. The second-order valence-corrected chi connectivity index (χ2v) is 7.02. The van der Waals surface area contributed by atoms with Crippen LogP contribution in [0.4, 0.5) is 5.69 Å². The van der Waals surface area contributed by atoms with Crippen molar-refractivity contribution in [3.63, 3.8) is 0 Å². The fourth-order valence-electron chi connectivity index (χ4n) is 3.05. The lowest BCUT2D eigenvalue weighted by molar-refractivity contribution is 0.0212. The molecule has 28 heavy (non-hydrogen) atoms. The van der Waals surface area contributed by atoms with Crippen molar-refractivity contribution in [2.75, 3.05) is 38.2 Å². The summed E-state index contributed by atoms with van der Waals surface area (Å²) in [4.78, 5) is 7.24. The second-order valence-electron chi connectivity index (χ2n) is 7.02. The first-order valence-electron chi connectivity index (χ1n) is 9.68. The van der Waals surface area contributed by atoms with Crippen LogP contribution in [-0.2, 0) is 11.3 Å². The van der Waals surface area contributed by atoms with Crippen LogP contribution in [0.15, 0.2) is 59.6 Å². The summed E-state index contributed by atoms with van der Waals surface area (Å²) >= 11 is 0. The number of hydrogen-bond donors (Lipinski definition) is 2. The first-order valence-corrected chi connectivity index (χ1v) is 9.68. The van der Waals surface area contributed by atoms with Crippen LogP contribution >= 0.6 is 24.0 Å². The molecule has 5 nitrogen and oxygen atoms in total. The highest BCUT2D eigenvalue weighted by Gasteiger charge is 2.17. The number of nitrogens with one attached hydrogen (secondary N) is 2. The van der Waals surface area contributed by atoms with Crippen molar-refractivity contribution in [2.45, 2.75) is 26.4 Å². The second kappa shape index (κ2) is 12.0. The summed E-state index contributed by atoms with van der Waals surface area (Å²) in [6.45, 7) is 9.46. The van der Waals surface area contributed by atoms with E-state index in [-0.39, 0.29) is 24.0 Å². The smallest absolute Gasteiger partial charge is 0.196 e. The van der Waals surface area contributed by atoms with Crippen molar-refractivity contribution in [1.29, 1.82) is 0 Å².